The summed E-state index contributed by atoms with van der Waals surface area (Å²) in [6.45, 7) is 1.69. The first-order chi connectivity index (χ1) is 7.84. The number of hydrogen-bond acceptors (Lipinski definition) is 3. The van der Waals surface area contributed by atoms with Crippen molar-refractivity contribution in [3.63, 3.8) is 0 Å². The van der Waals surface area contributed by atoms with Gasteiger partial charge in [-0.2, -0.15) is 13.2 Å². The Balaban J connectivity index is 2.78. The third kappa shape index (κ3) is 3.92. The Morgan fingerprint density at radius 3 is 2.53 bits per heavy atom. The lowest BCUT2D eigenvalue weighted by Gasteiger charge is -2.10. The van der Waals surface area contributed by atoms with Crippen LogP contribution in [0.1, 0.15) is 18.9 Å². The zero-order chi connectivity index (χ0) is 13.1. The first-order valence-corrected chi connectivity index (χ1v) is 5.65. The summed E-state index contributed by atoms with van der Waals surface area (Å²) in [6, 6.07) is 2.07. The molecule has 1 aromatic rings. The molecule has 0 radical (unpaired) electrons. The molecule has 0 aromatic carbocycles. The minimum Gasteiger partial charge on any atom is -0.480 e. The van der Waals surface area contributed by atoms with Gasteiger partial charge in [0.2, 0.25) is 0 Å². The maximum Gasteiger partial charge on any atom is 0.417 e. The van der Waals surface area contributed by atoms with E-state index in [1.54, 1.807) is 6.92 Å². The number of pyridine rings is 1. The number of carboxylic acid groups (broad SMARTS) is 1. The number of carbonyl (C=O) groups is 1. The van der Waals surface area contributed by atoms with E-state index in [1.807, 2.05) is 0 Å². The molecule has 17 heavy (non-hydrogen) atoms. The molecule has 1 unspecified atom stereocenters. The van der Waals surface area contributed by atoms with Crippen molar-refractivity contribution in [2.45, 2.75) is 29.8 Å². The summed E-state index contributed by atoms with van der Waals surface area (Å²) >= 11 is 0.938. The van der Waals surface area contributed by atoms with Crippen LogP contribution in [0.15, 0.2) is 23.4 Å². The van der Waals surface area contributed by atoms with Crippen LogP contribution >= 0.6 is 11.8 Å². The Bertz CT molecular complexity index is 392. The van der Waals surface area contributed by atoms with Crippen LogP contribution in [-0.4, -0.2) is 21.3 Å². The van der Waals surface area contributed by atoms with Gasteiger partial charge in [0.15, 0.2) is 0 Å². The van der Waals surface area contributed by atoms with Gasteiger partial charge in [0.05, 0.1) is 10.6 Å². The van der Waals surface area contributed by atoms with E-state index in [2.05, 4.69) is 4.98 Å². The summed E-state index contributed by atoms with van der Waals surface area (Å²) in [5, 5.41) is 8.37. The summed E-state index contributed by atoms with van der Waals surface area (Å²) in [5.74, 6) is -1.00. The Morgan fingerprint density at radius 2 is 2.18 bits per heavy atom. The zero-order valence-electron chi connectivity index (χ0n) is 8.86. The highest BCUT2D eigenvalue weighted by atomic mass is 32.2. The number of alkyl halides is 3. The number of nitrogens with zero attached hydrogens (tertiary/aromatic N) is 1. The summed E-state index contributed by atoms with van der Waals surface area (Å²) in [7, 11) is 0. The third-order valence-corrected chi connectivity index (χ3v) is 3.28. The summed E-state index contributed by atoms with van der Waals surface area (Å²) < 4.78 is 36.7. The fourth-order valence-electron chi connectivity index (χ4n) is 1.07. The maximum absolute atomic E-state index is 12.2. The van der Waals surface area contributed by atoms with Gasteiger partial charge >= 0.3 is 12.1 Å². The van der Waals surface area contributed by atoms with Crippen molar-refractivity contribution in [3.8, 4) is 0 Å². The second-order valence-corrected chi connectivity index (χ2v) is 4.46. The van der Waals surface area contributed by atoms with Gasteiger partial charge in [0, 0.05) is 6.20 Å². The molecular formula is C10H10F3NO2S. The second-order valence-electron chi connectivity index (χ2n) is 3.24. The lowest BCUT2D eigenvalue weighted by atomic mass is 10.3. The molecular weight excluding hydrogens is 255 g/mol. The molecule has 0 bridgehead atoms. The quantitative estimate of drug-likeness (QED) is 0.850. The summed E-state index contributed by atoms with van der Waals surface area (Å²) in [5.41, 5.74) is -0.842. The fourth-order valence-corrected chi connectivity index (χ4v) is 1.89. The van der Waals surface area contributed by atoms with Gasteiger partial charge in [-0.1, -0.05) is 18.7 Å². The topological polar surface area (TPSA) is 50.2 Å². The van der Waals surface area contributed by atoms with E-state index in [9.17, 15) is 18.0 Å². The van der Waals surface area contributed by atoms with Crippen molar-refractivity contribution in [2.75, 3.05) is 0 Å². The molecule has 1 N–H and O–H groups in total. The molecule has 1 atom stereocenters. The van der Waals surface area contributed by atoms with Crippen molar-refractivity contribution < 1.29 is 23.1 Å². The molecule has 7 heteroatoms. The average Bonchev–Trinajstić information content (AvgIpc) is 2.25. The zero-order valence-corrected chi connectivity index (χ0v) is 9.68. The number of aliphatic carboxylic acids is 1. The smallest absolute Gasteiger partial charge is 0.417 e. The van der Waals surface area contributed by atoms with Gasteiger partial charge < -0.3 is 5.11 Å². The van der Waals surface area contributed by atoms with Crippen LogP contribution in [0, 0.1) is 0 Å². The largest absolute Gasteiger partial charge is 0.480 e. The van der Waals surface area contributed by atoms with E-state index in [0.717, 1.165) is 17.8 Å². The maximum atomic E-state index is 12.2. The van der Waals surface area contributed by atoms with E-state index >= 15 is 0 Å². The van der Waals surface area contributed by atoms with E-state index < -0.39 is 23.0 Å². The molecule has 0 fully saturated rings. The summed E-state index contributed by atoms with van der Waals surface area (Å²) in [4.78, 5) is 14.3. The van der Waals surface area contributed by atoms with E-state index in [4.69, 9.17) is 5.11 Å². The highest BCUT2D eigenvalue weighted by Gasteiger charge is 2.30. The number of carboxylic acids is 1. The second kappa shape index (κ2) is 5.39. The first-order valence-electron chi connectivity index (χ1n) is 4.77. The van der Waals surface area contributed by atoms with Gasteiger partial charge in [0.25, 0.3) is 0 Å². The Hall–Kier alpha value is -1.24. The van der Waals surface area contributed by atoms with Crippen molar-refractivity contribution in [1.29, 1.82) is 0 Å². The Kier molecular flexibility index (Phi) is 4.39. The molecule has 94 valence electrons. The van der Waals surface area contributed by atoms with Crippen LogP contribution in [0.4, 0.5) is 13.2 Å². The molecule has 1 aromatic heterocycles. The molecule has 3 nitrogen and oxygen atoms in total. The van der Waals surface area contributed by atoms with Crippen LogP contribution in [0.25, 0.3) is 0 Å². The number of hydrogen-bond donors (Lipinski definition) is 1. The third-order valence-electron chi connectivity index (χ3n) is 1.97. The van der Waals surface area contributed by atoms with Gasteiger partial charge in [-0.25, -0.2) is 4.98 Å². The molecule has 0 saturated heterocycles. The van der Waals surface area contributed by atoms with E-state index in [-0.39, 0.29) is 5.03 Å². The molecule has 1 heterocycles. The Labute approximate surface area is 100 Å². The Morgan fingerprint density at radius 1 is 1.53 bits per heavy atom. The van der Waals surface area contributed by atoms with Crippen LogP contribution < -0.4 is 0 Å². The minimum absolute atomic E-state index is 0.271. The van der Waals surface area contributed by atoms with E-state index in [1.165, 1.54) is 6.07 Å². The lowest BCUT2D eigenvalue weighted by Crippen LogP contribution is -2.15. The van der Waals surface area contributed by atoms with Crippen LogP contribution in [0.3, 0.4) is 0 Å². The van der Waals surface area contributed by atoms with Crippen molar-refractivity contribution in [2.24, 2.45) is 0 Å². The molecule has 0 spiro atoms. The van der Waals surface area contributed by atoms with Crippen molar-refractivity contribution >= 4 is 17.7 Å². The van der Waals surface area contributed by atoms with E-state index in [0.29, 0.717) is 12.6 Å². The molecule has 1 rings (SSSR count). The number of thioether (sulfide) groups is 1. The monoisotopic (exact) mass is 265 g/mol. The average molecular weight is 265 g/mol. The highest BCUT2D eigenvalue weighted by Crippen LogP contribution is 2.30. The van der Waals surface area contributed by atoms with Gasteiger partial charge in [-0.05, 0) is 18.6 Å². The predicted octanol–water partition coefficient (Wildman–Crippen LogP) is 3.06. The minimum atomic E-state index is -4.42. The normalized spacial score (nSPS) is 13.4. The molecule has 0 saturated carbocycles. The van der Waals surface area contributed by atoms with Crippen molar-refractivity contribution in [3.05, 3.63) is 23.9 Å². The predicted molar refractivity (Wildman–Crippen MR) is 56.8 cm³/mol. The number of halogens is 3. The fraction of sp³-hybridized carbons (Fsp3) is 0.400. The standard InChI is InChI=1S/C10H10F3NO2S/c1-2-7(9(15)16)17-8-4-3-6(5-14-8)10(11,12)13/h3-5,7H,2H2,1H3,(H,15,16). The lowest BCUT2D eigenvalue weighted by molar-refractivity contribution is -0.138. The van der Waals surface area contributed by atoms with Crippen LogP contribution in [0.2, 0.25) is 0 Å². The van der Waals surface area contributed by atoms with Gasteiger partial charge in [-0.3, -0.25) is 4.79 Å². The van der Waals surface area contributed by atoms with Crippen LogP contribution in [0.5, 0.6) is 0 Å². The highest BCUT2D eigenvalue weighted by molar-refractivity contribution is 8.00. The molecule has 0 aliphatic rings. The molecule has 0 aliphatic heterocycles. The SMILES string of the molecule is CCC(Sc1ccc(C(F)(F)F)cn1)C(=O)O. The number of rotatable bonds is 4. The number of aromatic nitrogens is 1. The molecule has 0 aliphatic carbocycles. The van der Waals surface area contributed by atoms with Crippen molar-refractivity contribution in [1.82, 2.24) is 4.98 Å². The first kappa shape index (κ1) is 13.8. The van der Waals surface area contributed by atoms with Crippen LogP contribution in [-0.2, 0) is 11.0 Å². The molecule has 0 amide bonds. The van der Waals surface area contributed by atoms with Gasteiger partial charge in [-0.15, -0.1) is 0 Å². The summed E-state index contributed by atoms with van der Waals surface area (Å²) in [6.07, 6.45) is -3.34. The van der Waals surface area contributed by atoms with Gasteiger partial charge in [0.1, 0.15) is 5.25 Å².